The molecule has 0 fully saturated rings. The van der Waals surface area contributed by atoms with E-state index in [1.54, 1.807) is 0 Å². The summed E-state index contributed by atoms with van der Waals surface area (Å²) >= 11 is 0. The van der Waals surface area contributed by atoms with Crippen molar-refractivity contribution in [1.29, 1.82) is 0 Å². The molecule has 0 heteroatoms. The fourth-order valence-corrected chi connectivity index (χ4v) is 6.30. The van der Waals surface area contributed by atoms with Crippen LogP contribution >= 0.6 is 0 Å². The summed E-state index contributed by atoms with van der Waals surface area (Å²) in [6.45, 7) is 0. The molecule has 0 unspecified atom stereocenters. The van der Waals surface area contributed by atoms with Gasteiger partial charge in [-0.15, -0.1) is 0 Å². The lowest BCUT2D eigenvalue weighted by Crippen LogP contribution is -1.86. The molecule has 0 bridgehead atoms. The van der Waals surface area contributed by atoms with Crippen molar-refractivity contribution >= 4 is 53.9 Å². The molecule has 0 radical (unpaired) electrons. The van der Waals surface area contributed by atoms with E-state index < -0.39 is 0 Å². The maximum atomic E-state index is 2.25. The summed E-state index contributed by atoms with van der Waals surface area (Å²) in [5, 5.41) is 13.6. The van der Waals surface area contributed by atoms with Gasteiger partial charge >= 0.3 is 0 Å². The van der Waals surface area contributed by atoms with Crippen LogP contribution in [0.4, 0.5) is 0 Å². The Balaban J connectivity index is 0.000000117. The Morgan fingerprint density at radius 1 is 0.222 bits per heavy atom. The summed E-state index contributed by atoms with van der Waals surface area (Å²) in [7, 11) is 0. The summed E-state index contributed by atoms with van der Waals surface area (Å²) in [6, 6.07) is 48.2. The van der Waals surface area contributed by atoms with E-state index in [9.17, 15) is 0 Å². The molecule has 0 aliphatic heterocycles. The van der Waals surface area contributed by atoms with Gasteiger partial charge in [-0.05, 0) is 76.1 Å². The molecule has 0 spiro atoms. The van der Waals surface area contributed by atoms with E-state index in [1.807, 2.05) is 0 Å². The summed E-state index contributed by atoms with van der Waals surface area (Å²) in [5.74, 6) is 0. The van der Waals surface area contributed by atoms with Crippen LogP contribution in [0, 0.1) is 0 Å². The lowest BCUT2D eigenvalue weighted by atomic mass is 9.89. The molecule has 0 atom stereocenters. The minimum atomic E-state index is 1.33. The average molecular weight is 455 g/mol. The molecule has 0 saturated heterocycles. The minimum Gasteiger partial charge on any atom is -0.0616 e. The lowest BCUT2D eigenvalue weighted by Gasteiger charge is -2.14. The van der Waals surface area contributed by atoms with Crippen molar-refractivity contribution in [3.05, 3.63) is 133 Å². The van der Waals surface area contributed by atoms with Gasteiger partial charge in [0.05, 0.1) is 0 Å². The van der Waals surface area contributed by atoms with Crippen LogP contribution in [0.15, 0.2) is 133 Å². The number of hydrogen-bond donors (Lipinski definition) is 0. The van der Waals surface area contributed by atoms with Crippen LogP contribution in [-0.2, 0) is 0 Å². The van der Waals surface area contributed by atoms with E-state index >= 15 is 0 Å². The number of fused-ring (bicyclic) bond motifs is 6. The molecule has 8 aromatic carbocycles. The van der Waals surface area contributed by atoms with Crippen molar-refractivity contribution < 1.29 is 0 Å². The van der Waals surface area contributed by atoms with Crippen molar-refractivity contribution in [1.82, 2.24) is 0 Å². The summed E-state index contributed by atoms with van der Waals surface area (Å²) in [5.41, 5.74) is 5.50. The maximum Gasteiger partial charge on any atom is -0.00203 e. The van der Waals surface area contributed by atoms with E-state index in [4.69, 9.17) is 0 Å². The van der Waals surface area contributed by atoms with Crippen molar-refractivity contribution in [3.8, 4) is 22.3 Å². The Morgan fingerprint density at radius 3 is 1.08 bits per heavy atom. The number of benzene rings is 8. The molecule has 0 nitrogen and oxygen atoms in total. The minimum absolute atomic E-state index is 1.33. The van der Waals surface area contributed by atoms with Gasteiger partial charge in [-0.1, -0.05) is 133 Å². The van der Waals surface area contributed by atoms with Crippen molar-refractivity contribution in [3.63, 3.8) is 0 Å². The molecule has 1 aliphatic rings. The third-order valence-electron chi connectivity index (χ3n) is 7.81. The van der Waals surface area contributed by atoms with Crippen LogP contribution in [0.5, 0.6) is 0 Å². The molecule has 0 aromatic heterocycles. The van der Waals surface area contributed by atoms with Crippen molar-refractivity contribution in [2.24, 2.45) is 0 Å². The Labute approximate surface area is 209 Å². The second-order valence-electron chi connectivity index (χ2n) is 9.67. The highest BCUT2D eigenvalue weighted by Gasteiger charge is 2.19. The van der Waals surface area contributed by atoms with Gasteiger partial charge in [0.15, 0.2) is 0 Å². The molecule has 166 valence electrons. The van der Waals surface area contributed by atoms with Gasteiger partial charge in [0.1, 0.15) is 0 Å². The van der Waals surface area contributed by atoms with Gasteiger partial charge in [-0.3, -0.25) is 0 Å². The van der Waals surface area contributed by atoms with Gasteiger partial charge in [0.2, 0.25) is 0 Å². The van der Waals surface area contributed by atoms with Crippen LogP contribution in [0.2, 0.25) is 0 Å². The largest absolute Gasteiger partial charge is 0.0616 e. The first kappa shape index (κ1) is 19.6. The molecule has 8 aromatic rings. The topological polar surface area (TPSA) is 0 Å². The van der Waals surface area contributed by atoms with Gasteiger partial charge in [-0.25, -0.2) is 0 Å². The lowest BCUT2D eigenvalue weighted by molar-refractivity contribution is 1.70. The highest BCUT2D eigenvalue weighted by atomic mass is 14.2. The van der Waals surface area contributed by atoms with Crippen molar-refractivity contribution in [2.45, 2.75) is 0 Å². The first-order chi connectivity index (χ1) is 17.9. The highest BCUT2D eigenvalue weighted by Crippen LogP contribution is 2.46. The second kappa shape index (κ2) is 7.41. The SMILES string of the molecule is c1ccc2c(c1)-c1cccc3cccc-2c13.c1ccc2c(c1)c1cccc3ccc4cccc2c4c31. The van der Waals surface area contributed by atoms with Crippen LogP contribution in [0.3, 0.4) is 0 Å². The molecule has 0 N–H and O–H groups in total. The normalized spacial score (nSPS) is 11.9. The van der Waals surface area contributed by atoms with E-state index in [-0.39, 0.29) is 0 Å². The maximum absolute atomic E-state index is 2.25. The standard InChI is InChI=1S/C20H12.C16H10/c1-2-8-16-15(7-1)17-9-3-5-13-11-12-14-6-4-10-18(16)20(14)19(13)17;1-2-8-13-12(7-1)14-9-3-5-11-6-4-10-15(13)16(11)14/h1-12H;1-10H. The average Bonchev–Trinajstić information content (AvgIpc) is 3.28. The van der Waals surface area contributed by atoms with Crippen molar-refractivity contribution in [2.75, 3.05) is 0 Å². The Kier molecular flexibility index (Phi) is 4.03. The molecular weight excluding hydrogens is 432 g/mol. The predicted octanol–water partition coefficient (Wildman–Crippen LogP) is 10.2. The quantitative estimate of drug-likeness (QED) is 0.158. The molecule has 1 aliphatic carbocycles. The summed E-state index contributed by atoms with van der Waals surface area (Å²) in [6.07, 6.45) is 0. The zero-order chi connectivity index (χ0) is 23.6. The number of rotatable bonds is 0. The fourth-order valence-electron chi connectivity index (χ4n) is 6.30. The van der Waals surface area contributed by atoms with E-state index in [0.717, 1.165) is 0 Å². The number of hydrogen-bond acceptors (Lipinski definition) is 0. The van der Waals surface area contributed by atoms with Crippen LogP contribution < -0.4 is 0 Å². The third-order valence-corrected chi connectivity index (χ3v) is 7.81. The van der Waals surface area contributed by atoms with Gasteiger partial charge in [0.25, 0.3) is 0 Å². The Bertz CT molecular complexity index is 1950. The fraction of sp³-hybridized carbons (Fsp3) is 0. The van der Waals surface area contributed by atoms with E-state index in [1.165, 1.54) is 76.1 Å². The molecule has 36 heavy (non-hydrogen) atoms. The summed E-state index contributed by atoms with van der Waals surface area (Å²) in [4.78, 5) is 0. The molecule has 0 amide bonds. The van der Waals surface area contributed by atoms with Crippen LogP contribution in [-0.4, -0.2) is 0 Å². The molecular formula is C36H22. The monoisotopic (exact) mass is 454 g/mol. The zero-order valence-electron chi connectivity index (χ0n) is 19.7. The summed E-state index contributed by atoms with van der Waals surface area (Å²) < 4.78 is 0. The molecule has 0 saturated carbocycles. The Morgan fingerprint density at radius 2 is 0.583 bits per heavy atom. The van der Waals surface area contributed by atoms with E-state index in [2.05, 4.69) is 133 Å². The predicted molar refractivity (Wildman–Crippen MR) is 156 cm³/mol. The van der Waals surface area contributed by atoms with Gasteiger partial charge in [-0.2, -0.15) is 0 Å². The first-order valence-electron chi connectivity index (χ1n) is 12.5. The zero-order valence-corrected chi connectivity index (χ0v) is 19.7. The third kappa shape index (κ3) is 2.64. The molecule has 9 rings (SSSR count). The highest BCUT2D eigenvalue weighted by molar-refractivity contribution is 6.33. The van der Waals surface area contributed by atoms with Gasteiger partial charge < -0.3 is 0 Å². The Hall–Kier alpha value is -4.68. The van der Waals surface area contributed by atoms with Crippen LogP contribution in [0.25, 0.3) is 76.1 Å². The smallest absolute Gasteiger partial charge is 0.00203 e. The van der Waals surface area contributed by atoms with Crippen LogP contribution in [0.1, 0.15) is 0 Å². The second-order valence-corrected chi connectivity index (χ2v) is 9.67. The molecule has 0 heterocycles. The first-order valence-corrected chi connectivity index (χ1v) is 12.5. The van der Waals surface area contributed by atoms with E-state index in [0.29, 0.717) is 0 Å². The van der Waals surface area contributed by atoms with Gasteiger partial charge in [0, 0.05) is 0 Å².